The van der Waals surface area contributed by atoms with Crippen LogP contribution in [0.3, 0.4) is 0 Å². The number of nitrogens with two attached hydrogens (primary N) is 1. The first kappa shape index (κ1) is 15.6. The summed E-state index contributed by atoms with van der Waals surface area (Å²) in [7, 11) is 0. The Morgan fingerprint density at radius 1 is 1.14 bits per heavy atom. The van der Waals surface area contributed by atoms with Crippen LogP contribution in [0.4, 0.5) is 5.69 Å². The fraction of sp³-hybridized carbons (Fsp3) is 0.500. The van der Waals surface area contributed by atoms with Gasteiger partial charge in [-0.3, -0.25) is 4.68 Å². The third-order valence-corrected chi connectivity index (χ3v) is 3.75. The SMILES string of the molecule is CC(C)CCn1cc(N)c(-c2ccc(C(C)(C)C)cc2)n1. The molecule has 0 radical (unpaired) electrons. The van der Waals surface area contributed by atoms with Gasteiger partial charge in [0.05, 0.1) is 5.69 Å². The molecule has 21 heavy (non-hydrogen) atoms. The van der Waals surface area contributed by atoms with Gasteiger partial charge in [-0.25, -0.2) is 0 Å². The van der Waals surface area contributed by atoms with Crippen LogP contribution in [0.15, 0.2) is 30.5 Å². The summed E-state index contributed by atoms with van der Waals surface area (Å²) in [4.78, 5) is 0. The highest BCUT2D eigenvalue weighted by atomic mass is 15.3. The lowest BCUT2D eigenvalue weighted by Crippen LogP contribution is -2.10. The molecule has 2 aromatic rings. The molecule has 1 heterocycles. The van der Waals surface area contributed by atoms with Crippen molar-refractivity contribution >= 4 is 5.69 Å². The minimum Gasteiger partial charge on any atom is -0.396 e. The first-order valence-electron chi connectivity index (χ1n) is 7.71. The molecule has 0 atom stereocenters. The molecule has 0 amide bonds. The van der Waals surface area contributed by atoms with Crippen molar-refractivity contribution in [2.75, 3.05) is 5.73 Å². The fourth-order valence-electron chi connectivity index (χ4n) is 2.29. The minimum absolute atomic E-state index is 0.167. The molecule has 2 rings (SSSR count). The lowest BCUT2D eigenvalue weighted by atomic mass is 9.86. The van der Waals surface area contributed by atoms with Crippen molar-refractivity contribution in [3.8, 4) is 11.3 Å². The standard InChI is InChI=1S/C18H27N3/c1-13(2)10-11-21-12-16(19)17(20-21)14-6-8-15(9-7-14)18(3,4)5/h6-9,12-13H,10-11,19H2,1-5H3. The monoisotopic (exact) mass is 285 g/mol. The maximum atomic E-state index is 6.12. The molecule has 0 fully saturated rings. The summed E-state index contributed by atoms with van der Waals surface area (Å²) in [5, 5.41) is 4.64. The van der Waals surface area contributed by atoms with E-state index in [1.165, 1.54) is 5.56 Å². The van der Waals surface area contributed by atoms with Crippen LogP contribution < -0.4 is 5.73 Å². The summed E-state index contributed by atoms with van der Waals surface area (Å²) in [5.41, 5.74) is 10.3. The average molecular weight is 285 g/mol. The van der Waals surface area contributed by atoms with Crippen molar-refractivity contribution in [3.05, 3.63) is 36.0 Å². The second kappa shape index (κ2) is 5.92. The van der Waals surface area contributed by atoms with Crippen molar-refractivity contribution in [3.63, 3.8) is 0 Å². The molecule has 2 N–H and O–H groups in total. The number of nitrogens with zero attached hydrogens (tertiary/aromatic N) is 2. The Kier molecular flexibility index (Phi) is 4.40. The molecule has 0 bridgehead atoms. The summed E-state index contributed by atoms with van der Waals surface area (Å²) in [6.07, 6.45) is 3.05. The van der Waals surface area contributed by atoms with E-state index in [2.05, 4.69) is 64.0 Å². The van der Waals surface area contributed by atoms with Crippen molar-refractivity contribution < 1.29 is 0 Å². The van der Waals surface area contributed by atoms with Gasteiger partial charge in [0.1, 0.15) is 5.69 Å². The second-order valence-electron chi connectivity index (χ2n) is 7.21. The highest BCUT2D eigenvalue weighted by Crippen LogP contribution is 2.28. The summed E-state index contributed by atoms with van der Waals surface area (Å²) >= 11 is 0. The smallest absolute Gasteiger partial charge is 0.115 e. The summed E-state index contributed by atoms with van der Waals surface area (Å²) in [6, 6.07) is 8.57. The summed E-state index contributed by atoms with van der Waals surface area (Å²) in [6.45, 7) is 12.0. The third kappa shape index (κ3) is 3.87. The van der Waals surface area contributed by atoms with E-state index in [9.17, 15) is 0 Å². The molecule has 3 heteroatoms. The summed E-state index contributed by atoms with van der Waals surface area (Å²) in [5.74, 6) is 0.671. The normalized spacial score (nSPS) is 12.1. The van der Waals surface area contributed by atoms with Crippen LogP contribution >= 0.6 is 0 Å². The number of aryl methyl sites for hydroxylation is 1. The van der Waals surface area contributed by atoms with E-state index in [0.717, 1.165) is 29.9 Å². The van der Waals surface area contributed by atoms with Crippen LogP contribution in [0.25, 0.3) is 11.3 Å². The molecular formula is C18H27N3. The van der Waals surface area contributed by atoms with E-state index in [-0.39, 0.29) is 5.41 Å². The minimum atomic E-state index is 0.167. The van der Waals surface area contributed by atoms with Crippen molar-refractivity contribution in [2.24, 2.45) is 5.92 Å². The average Bonchev–Trinajstić information content (AvgIpc) is 2.77. The van der Waals surface area contributed by atoms with Crippen LogP contribution in [0.2, 0.25) is 0 Å². The molecule has 0 aliphatic rings. The van der Waals surface area contributed by atoms with Crippen molar-refractivity contribution in [2.45, 2.75) is 53.0 Å². The van der Waals surface area contributed by atoms with Gasteiger partial charge < -0.3 is 5.73 Å². The Morgan fingerprint density at radius 2 is 1.76 bits per heavy atom. The highest BCUT2D eigenvalue weighted by Gasteiger charge is 2.14. The molecule has 3 nitrogen and oxygen atoms in total. The maximum absolute atomic E-state index is 6.12. The van der Waals surface area contributed by atoms with Crippen molar-refractivity contribution in [1.82, 2.24) is 9.78 Å². The van der Waals surface area contributed by atoms with E-state index in [1.54, 1.807) is 0 Å². The molecule has 0 unspecified atom stereocenters. The first-order valence-corrected chi connectivity index (χ1v) is 7.71. The lowest BCUT2D eigenvalue weighted by molar-refractivity contribution is 0.488. The zero-order valence-electron chi connectivity index (χ0n) is 13.9. The maximum Gasteiger partial charge on any atom is 0.115 e. The molecular weight excluding hydrogens is 258 g/mol. The van der Waals surface area contributed by atoms with Gasteiger partial charge in [0.2, 0.25) is 0 Å². The molecule has 114 valence electrons. The fourth-order valence-corrected chi connectivity index (χ4v) is 2.29. The van der Waals surface area contributed by atoms with Crippen LogP contribution in [-0.2, 0) is 12.0 Å². The van der Waals surface area contributed by atoms with Crippen LogP contribution in [0.1, 0.15) is 46.6 Å². The van der Waals surface area contributed by atoms with Gasteiger partial charge in [-0.1, -0.05) is 58.9 Å². The van der Waals surface area contributed by atoms with E-state index in [4.69, 9.17) is 5.73 Å². The zero-order chi connectivity index (χ0) is 15.6. The van der Waals surface area contributed by atoms with E-state index >= 15 is 0 Å². The Morgan fingerprint density at radius 3 is 2.29 bits per heavy atom. The molecule has 0 aliphatic heterocycles. The van der Waals surface area contributed by atoms with Crippen LogP contribution in [-0.4, -0.2) is 9.78 Å². The quantitative estimate of drug-likeness (QED) is 0.900. The number of nitrogen functional groups attached to an aromatic ring is 1. The zero-order valence-corrected chi connectivity index (χ0v) is 13.9. The predicted octanol–water partition coefficient (Wildman–Crippen LogP) is 4.48. The van der Waals surface area contributed by atoms with Crippen molar-refractivity contribution in [1.29, 1.82) is 0 Å². The first-order chi connectivity index (χ1) is 9.77. The lowest BCUT2D eigenvalue weighted by Gasteiger charge is -2.18. The number of rotatable bonds is 4. The molecule has 0 spiro atoms. The van der Waals surface area contributed by atoms with Gasteiger partial charge in [0.25, 0.3) is 0 Å². The predicted molar refractivity (Wildman–Crippen MR) is 90.2 cm³/mol. The number of aromatic nitrogens is 2. The largest absolute Gasteiger partial charge is 0.396 e. The number of hydrogen-bond acceptors (Lipinski definition) is 2. The van der Waals surface area contributed by atoms with E-state index in [0.29, 0.717) is 5.92 Å². The molecule has 0 saturated carbocycles. The number of anilines is 1. The van der Waals surface area contributed by atoms with E-state index < -0.39 is 0 Å². The van der Waals surface area contributed by atoms with Gasteiger partial charge in [-0.2, -0.15) is 5.10 Å². The number of hydrogen-bond donors (Lipinski definition) is 1. The van der Waals surface area contributed by atoms with Gasteiger partial charge in [0, 0.05) is 18.3 Å². The topological polar surface area (TPSA) is 43.8 Å². The second-order valence-corrected chi connectivity index (χ2v) is 7.21. The van der Waals surface area contributed by atoms with Gasteiger partial charge in [-0.15, -0.1) is 0 Å². The van der Waals surface area contributed by atoms with Gasteiger partial charge in [0.15, 0.2) is 0 Å². The van der Waals surface area contributed by atoms with Gasteiger partial charge in [-0.05, 0) is 23.3 Å². The van der Waals surface area contributed by atoms with E-state index in [1.807, 2.05) is 10.9 Å². The highest BCUT2D eigenvalue weighted by molar-refractivity contribution is 5.72. The van der Waals surface area contributed by atoms with Gasteiger partial charge >= 0.3 is 0 Å². The van der Waals surface area contributed by atoms with Crippen LogP contribution in [0, 0.1) is 5.92 Å². The molecule has 0 saturated heterocycles. The third-order valence-electron chi connectivity index (χ3n) is 3.75. The Hall–Kier alpha value is -1.77. The Balaban J connectivity index is 2.22. The molecule has 1 aromatic heterocycles. The van der Waals surface area contributed by atoms with Crippen LogP contribution in [0.5, 0.6) is 0 Å². The summed E-state index contributed by atoms with van der Waals surface area (Å²) < 4.78 is 1.96. The Bertz CT molecular complexity index is 586. The molecule has 1 aromatic carbocycles. The Labute approximate surface area is 128 Å². The number of benzene rings is 1. The molecule has 0 aliphatic carbocycles.